The Morgan fingerprint density at radius 2 is 1.48 bits per heavy atom. The van der Waals surface area contributed by atoms with Gasteiger partial charge in [0.2, 0.25) is 0 Å². The number of hydrogen-bond donors (Lipinski definition) is 2. The highest BCUT2D eigenvalue weighted by Crippen LogP contribution is 2.24. The highest BCUT2D eigenvalue weighted by Gasteiger charge is 2.19. The molecule has 0 aliphatic rings. The zero-order chi connectivity index (χ0) is 15.2. The molecule has 2 atom stereocenters. The molecule has 0 spiro atoms. The molecule has 21 heavy (non-hydrogen) atoms. The molecule has 2 aromatic rings. The molecule has 112 valence electrons. The normalized spacial score (nSPS) is 14.1. The average Bonchev–Trinajstić information content (AvgIpc) is 2.53. The quantitative estimate of drug-likeness (QED) is 0.834. The van der Waals surface area contributed by atoms with Crippen molar-refractivity contribution in [2.45, 2.75) is 45.4 Å². The highest BCUT2D eigenvalue weighted by molar-refractivity contribution is 5.63. The van der Waals surface area contributed by atoms with Crippen LogP contribution in [0, 0.1) is 0 Å². The van der Waals surface area contributed by atoms with Crippen LogP contribution in [0.4, 0.5) is 0 Å². The molecule has 2 nitrogen and oxygen atoms in total. The predicted octanol–water partition coefficient (Wildman–Crippen LogP) is 4.16. The lowest BCUT2D eigenvalue weighted by atomic mass is 9.97. The molecule has 2 unspecified atom stereocenters. The zero-order valence-electron chi connectivity index (χ0n) is 13.1. The molecule has 0 aliphatic heterocycles. The van der Waals surface area contributed by atoms with Crippen LogP contribution in [0.2, 0.25) is 0 Å². The minimum Gasteiger partial charge on any atom is -0.387 e. The topological polar surface area (TPSA) is 32.3 Å². The number of aliphatic hydroxyl groups is 1. The van der Waals surface area contributed by atoms with Crippen LogP contribution >= 0.6 is 0 Å². The number of aliphatic hydroxyl groups excluding tert-OH is 1. The Balaban J connectivity index is 2.14. The molecule has 0 bridgehead atoms. The lowest BCUT2D eigenvalue weighted by Crippen LogP contribution is -2.38. The molecule has 0 aliphatic carbocycles. The van der Waals surface area contributed by atoms with Crippen LogP contribution in [0.1, 0.15) is 38.9 Å². The standard InChI is InChI=1S/C19H25NO/c1-4-18(20-14(2)3)19(21)17-12-10-16(11-13-17)15-8-6-5-7-9-15/h5-14,18-21H,4H2,1-3H3. The van der Waals surface area contributed by atoms with Crippen LogP contribution in [-0.4, -0.2) is 17.2 Å². The van der Waals surface area contributed by atoms with E-state index in [1.807, 2.05) is 30.3 Å². The van der Waals surface area contributed by atoms with E-state index in [1.165, 1.54) is 11.1 Å². The molecule has 0 amide bonds. The van der Waals surface area contributed by atoms with Gasteiger partial charge in [0.05, 0.1) is 6.10 Å². The minimum absolute atomic E-state index is 0.0903. The Morgan fingerprint density at radius 1 is 0.905 bits per heavy atom. The number of rotatable bonds is 6. The lowest BCUT2D eigenvalue weighted by molar-refractivity contribution is 0.121. The van der Waals surface area contributed by atoms with E-state index in [1.54, 1.807) is 0 Å². The van der Waals surface area contributed by atoms with Gasteiger partial charge in [-0.15, -0.1) is 0 Å². The molecule has 2 N–H and O–H groups in total. The van der Waals surface area contributed by atoms with Crippen molar-refractivity contribution in [1.82, 2.24) is 5.32 Å². The van der Waals surface area contributed by atoms with Crippen LogP contribution in [0.5, 0.6) is 0 Å². The van der Waals surface area contributed by atoms with Gasteiger partial charge >= 0.3 is 0 Å². The van der Waals surface area contributed by atoms with Gasteiger partial charge in [-0.2, -0.15) is 0 Å². The van der Waals surface area contributed by atoms with Crippen molar-refractivity contribution in [2.24, 2.45) is 0 Å². The molecular weight excluding hydrogens is 258 g/mol. The summed E-state index contributed by atoms with van der Waals surface area (Å²) in [4.78, 5) is 0. The van der Waals surface area contributed by atoms with Crippen LogP contribution in [0.25, 0.3) is 11.1 Å². The summed E-state index contributed by atoms with van der Waals surface area (Å²) in [6.45, 7) is 6.31. The summed E-state index contributed by atoms with van der Waals surface area (Å²) in [7, 11) is 0. The second kappa shape index (κ2) is 7.39. The summed E-state index contributed by atoms with van der Waals surface area (Å²) in [6.07, 6.45) is 0.432. The largest absolute Gasteiger partial charge is 0.387 e. The second-order valence-corrected chi connectivity index (χ2v) is 5.77. The average molecular weight is 283 g/mol. The number of hydrogen-bond acceptors (Lipinski definition) is 2. The van der Waals surface area contributed by atoms with Crippen molar-refractivity contribution in [1.29, 1.82) is 0 Å². The Labute approximate surface area is 127 Å². The van der Waals surface area contributed by atoms with E-state index in [4.69, 9.17) is 0 Å². The first-order valence-corrected chi connectivity index (χ1v) is 7.71. The SMILES string of the molecule is CCC(NC(C)C)C(O)c1ccc(-c2ccccc2)cc1. The second-order valence-electron chi connectivity index (χ2n) is 5.77. The maximum absolute atomic E-state index is 10.5. The molecule has 0 fully saturated rings. The fourth-order valence-electron chi connectivity index (χ4n) is 2.60. The number of benzene rings is 2. The van der Waals surface area contributed by atoms with Gasteiger partial charge in [-0.1, -0.05) is 75.4 Å². The van der Waals surface area contributed by atoms with Crippen LogP contribution < -0.4 is 5.32 Å². The summed E-state index contributed by atoms with van der Waals surface area (Å²) < 4.78 is 0. The van der Waals surface area contributed by atoms with Gasteiger partial charge in [0.15, 0.2) is 0 Å². The monoisotopic (exact) mass is 283 g/mol. The Morgan fingerprint density at radius 3 is 2.00 bits per heavy atom. The summed E-state index contributed by atoms with van der Waals surface area (Å²) in [6, 6.07) is 19.0. The summed E-state index contributed by atoms with van der Waals surface area (Å²) in [5, 5.41) is 14.0. The van der Waals surface area contributed by atoms with Gasteiger partial charge in [-0.25, -0.2) is 0 Å². The van der Waals surface area contributed by atoms with Gasteiger partial charge in [0.1, 0.15) is 0 Å². The van der Waals surface area contributed by atoms with Crippen molar-refractivity contribution >= 4 is 0 Å². The first-order valence-electron chi connectivity index (χ1n) is 7.71. The summed E-state index contributed by atoms with van der Waals surface area (Å²) >= 11 is 0. The van der Waals surface area contributed by atoms with E-state index in [-0.39, 0.29) is 6.04 Å². The third-order valence-corrected chi connectivity index (χ3v) is 3.73. The molecule has 0 saturated heterocycles. The van der Waals surface area contributed by atoms with E-state index in [2.05, 4.69) is 50.4 Å². The Bertz CT molecular complexity index is 533. The van der Waals surface area contributed by atoms with Gasteiger partial charge in [-0.3, -0.25) is 0 Å². The highest BCUT2D eigenvalue weighted by atomic mass is 16.3. The maximum Gasteiger partial charge on any atom is 0.0942 e. The minimum atomic E-state index is -0.470. The third kappa shape index (κ3) is 4.16. The number of nitrogens with one attached hydrogen (secondary N) is 1. The molecule has 0 radical (unpaired) electrons. The van der Waals surface area contributed by atoms with E-state index < -0.39 is 6.10 Å². The molecule has 0 aromatic heterocycles. The summed E-state index contributed by atoms with van der Waals surface area (Å²) in [5.74, 6) is 0. The molecule has 0 heterocycles. The van der Waals surface area contributed by atoms with Gasteiger partial charge in [0, 0.05) is 12.1 Å². The maximum atomic E-state index is 10.5. The molecule has 0 saturated carbocycles. The van der Waals surface area contributed by atoms with Gasteiger partial charge in [-0.05, 0) is 23.1 Å². The van der Waals surface area contributed by atoms with E-state index in [0.717, 1.165) is 12.0 Å². The first-order chi connectivity index (χ1) is 10.1. The van der Waals surface area contributed by atoms with Crippen LogP contribution in [0.15, 0.2) is 54.6 Å². The summed E-state index contributed by atoms with van der Waals surface area (Å²) in [5.41, 5.74) is 3.34. The zero-order valence-corrected chi connectivity index (χ0v) is 13.1. The van der Waals surface area contributed by atoms with Crippen LogP contribution in [-0.2, 0) is 0 Å². The van der Waals surface area contributed by atoms with Crippen molar-refractivity contribution in [3.05, 3.63) is 60.2 Å². The van der Waals surface area contributed by atoms with E-state index >= 15 is 0 Å². The Hall–Kier alpha value is -1.64. The van der Waals surface area contributed by atoms with E-state index in [0.29, 0.717) is 6.04 Å². The lowest BCUT2D eigenvalue weighted by Gasteiger charge is -2.25. The van der Waals surface area contributed by atoms with E-state index in [9.17, 15) is 5.11 Å². The molecule has 2 heteroatoms. The van der Waals surface area contributed by atoms with Crippen molar-refractivity contribution in [3.8, 4) is 11.1 Å². The fraction of sp³-hybridized carbons (Fsp3) is 0.368. The van der Waals surface area contributed by atoms with Crippen LogP contribution in [0.3, 0.4) is 0 Å². The van der Waals surface area contributed by atoms with Crippen molar-refractivity contribution < 1.29 is 5.11 Å². The van der Waals surface area contributed by atoms with Gasteiger partial charge in [0.25, 0.3) is 0 Å². The fourth-order valence-corrected chi connectivity index (χ4v) is 2.60. The Kier molecular flexibility index (Phi) is 5.54. The van der Waals surface area contributed by atoms with Crippen molar-refractivity contribution in [2.75, 3.05) is 0 Å². The molecular formula is C19H25NO. The van der Waals surface area contributed by atoms with Gasteiger partial charge < -0.3 is 10.4 Å². The first kappa shape index (κ1) is 15.7. The third-order valence-electron chi connectivity index (χ3n) is 3.73. The molecule has 2 rings (SSSR count). The molecule has 2 aromatic carbocycles. The smallest absolute Gasteiger partial charge is 0.0942 e. The van der Waals surface area contributed by atoms with Crippen molar-refractivity contribution in [3.63, 3.8) is 0 Å². The predicted molar refractivity (Wildman–Crippen MR) is 89.2 cm³/mol.